The van der Waals surface area contributed by atoms with Crippen molar-refractivity contribution in [1.29, 1.82) is 0 Å². The Labute approximate surface area is 87.1 Å². The molecule has 0 aromatic heterocycles. The van der Waals surface area contributed by atoms with Gasteiger partial charge >= 0.3 is 0 Å². The van der Waals surface area contributed by atoms with Crippen molar-refractivity contribution < 1.29 is 0 Å². The first-order valence-corrected chi connectivity index (χ1v) is 6.64. The average molecular weight is 201 g/mol. The minimum Gasteiger partial charge on any atom is -0.313 e. The lowest BCUT2D eigenvalue weighted by Gasteiger charge is -2.22. The molecule has 1 aliphatic heterocycles. The van der Waals surface area contributed by atoms with E-state index in [2.05, 4.69) is 37.8 Å². The van der Waals surface area contributed by atoms with Crippen LogP contribution in [-0.4, -0.2) is 23.6 Å². The van der Waals surface area contributed by atoms with Crippen LogP contribution in [0.15, 0.2) is 0 Å². The van der Waals surface area contributed by atoms with E-state index in [4.69, 9.17) is 0 Å². The van der Waals surface area contributed by atoms with E-state index in [1.807, 2.05) is 0 Å². The van der Waals surface area contributed by atoms with Gasteiger partial charge in [-0.25, -0.2) is 0 Å². The van der Waals surface area contributed by atoms with Crippen LogP contribution in [0.2, 0.25) is 0 Å². The molecule has 1 saturated heterocycles. The highest BCUT2D eigenvalue weighted by atomic mass is 32.2. The SMILES string of the molecule is CCC(NCC1CCCS1)C(C)C. The number of rotatable bonds is 5. The van der Waals surface area contributed by atoms with Gasteiger partial charge in [0.05, 0.1) is 0 Å². The van der Waals surface area contributed by atoms with Crippen LogP contribution in [0.1, 0.15) is 40.0 Å². The molecule has 1 heterocycles. The van der Waals surface area contributed by atoms with Crippen LogP contribution in [0.3, 0.4) is 0 Å². The van der Waals surface area contributed by atoms with E-state index in [0.29, 0.717) is 0 Å². The maximum atomic E-state index is 3.69. The standard InChI is InChI=1S/C11H23NS/c1-4-11(9(2)3)12-8-10-6-5-7-13-10/h9-12H,4-8H2,1-3H3. The van der Waals surface area contributed by atoms with Crippen molar-refractivity contribution >= 4 is 11.8 Å². The van der Waals surface area contributed by atoms with Crippen LogP contribution >= 0.6 is 11.8 Å². The molecule has 0 aromatic rings. The molecule has 1 aliphatic rings. The Balaban J connectivity index is 2.15. The Morgan fingerprint density at radius 3 is 2.69 bits per heavy atom. The minimum absolute atomic E-state index is 0.723. The molecule has 2 atom stereocenters. The van der Waals surface area contributed by atoms with Crippen molar-refractivity contribution in [3.63, 3.8) is 0 Å². The fourth-order valence-electron chi connectivity index (χ4n) is 1.94. The van der Waals surface area contributed by atoms with Crippen molar-refractivity contribution in [2.75, 3.05) is 12.3 Å². The Morgan fingerprint density at radius 2 is 2.23 bits per heavy atom. The molecular formula is C11H23NS. The minimum atomic E-state index is 0.723. The summed E-state index contributed by atoms with van der Waals surface area (Å²) >= 11 is 2.14. The highest BCUT2D eigenvalue weighted by Gasteiger charge is 2.17. The fraction of sp³-hybridized carbons (Fsp3) is 1.00. The van der Waals surface area contributed by atoms with Gasteiger partial charge in [0.25, 0.3) is 0 Å². The summed E-state index contributed by atoms with van der Waals surface area (Å²) < 4.78 is 0. The third-order valence-electron chi connectivity index (χ3n) is 2.88. The van der Waals surface area contributed by atoms with E-state index < -0.39 is 0 Å². The Kier molecular flexibility index (Phi) is 5.18. The first-order valence-electron chi connectivity index (χ1n) is 5.59. The van der Waals surface area contributed by atoms with Gasteiger partial charge in [0.2, 0.25) is 0 Å². The van der Waals surface area contributed by atoms with Gasteiger partial charge in [-0.15, -0.1) is 0 Å². The molecule has 78 valence electrons. The molecule has 1 fully saturated rings. The number of thioether (sulfide) groups is 1. The summed E-state index contributed by atoms with van der Waals surface area (Å²) in [5, 5.41) is 4.59. The maximum absolute atomic E-state index is 3.69. The predicted molar refractivity (Wildman–Crippen MR) is 62.4 cm³/mol. The molecule has 0 amide bonds. The smallest absolute Gasteiger partial charge is 0.0172 e. The van der Waals surface area contributed by atoms with Crippen molar-refractivity contribution in [2.45, 2.75) is 51.3 Å². The Hall–Kier alpha value is 0.310. The lowest BCUT2D eigenvalue weighted by molar-refractivity contribution is 0.388. The first-order chi connectivity index (χ1) is 6.24. The van der Waals surface area contributed by atoms with Crippen molar-refractivity contribution in [3.8, 4) is 0 Å². The van der Waals surface area contributed by atoms with Gasteiger partial charge in [0, 0.05) is 17.8 Å². The molecule has 1 rings (SSSR count). The molecule has 1 N–H and O–H groups in total. The molecular weight excluding hydrogens is 178 g/mol. The van der Waals surface area contributed by atoms with Gasteiger partial charge in [-0.05, 0) is 30.9 Å². The Bertz CT molecular complexity index is 130. The van der Waals surface area contributed by atoms with Gasteiger partial charge in [0.15, 0.2) is 0 Å². The highest BCUT2D eigenvalue weighted by Crippen LogP contribution is 2.25. The highest BCUT2D eigenvalue weighted by molar-refractivity contribution is 8.00. The topological polar surface area (TPSA) is 12.0 Å². The van der Waals surface area contributed by atoms with E-state index in [1.165, 1.54) is 31.6 Å². The number of hydrogen-bond donors (Lipinski definition) is 1. The summed E-state index contributed by atoms with van der Waals surface area (Å²) in [6.45, 7) is 8.12. The summed E-state index contributed by atoms with van der Waals surface area (Å²) in [5.74, 6) is 2.15. The second kappa shape index (κ2) is 5.92. The van der Waals surface area contributed by atoms with E-state index in [1.54, 1.807) is 0 Å². The quantitative estimate of drug-likeness (QED) is 0.734. The first kappa shape index (κ1) is 11.4. The monoisotopic (exact) mass is 201 g/mol. The second-order valence-corrected chi connectivity index (χ2v) is 5.71. The molecule has 13 heavy (non-hydrogen) atoms. The van der Waals surface area contributed by atoms with Crippen LogP contribution in [0, 0.1) is 5.92 Å². The molecule has 1 nitrogen and oxygen atoms in total. The third-order valence-corrected chi connectivity index (χ3v) is 4.27. The molecule has 0 spiro atoms. The largest absolute Gasteiger partial charge is 0.313 e. The molecule has 0 radical (unpaired) electrons. The van der Waals surface area contributed by atoms with E-state index >= 15 is 0 Å². The van der Waals surface area contributed by atoms with Gasteiger partial charge in [-0.2, -0.15) is 11.8 Å². The summed E-state index contributed by atoms with van der Waals surface area (Å²) in [6, 6.07) is 0.723. The second-order valence-electron chi connectivity index (χ2n) is 4.30. The van der Waals surface area contributed by atoms with E-state index in [-0.39, 0.29) is 0 Å². The summed E-state index contributed by atoms with van der Waals surface area (Å²) in [7, 11) is 0. The van der Waals surface area contributed by atoms with Gasteiger partial charge in [-0.3, -0.25) is 0 Å². The van der Waals surface area contributed by atoms with Gasteiger partial charge in [0.1, 0.15) is 0 Å². The molecule has 0 aromatic carbocycles. The van der Waals surface area contributed by atoms with Crippen LogP contribution < -0.4 is 5.32 Å². The van der Waals surface area contributed by atoms with Crippen LogP contribution in [0.4, 0.5) is 0 Å². The van der Waals surface area contributed by atoms with Crippen LogP contribution in [0.5, 0.6) is 0 Å². The van der Waals surface area contributed by atoms with Crippen LogP contribution in [-0.2, 0) is 0 Å². The van der Waals surface area contributed by atoms with Crippen LogP contribution in [0.25, 0.3) is 0 Å². The summed E-state index contributed by atoms with van der Waals surface area (Å²) in [4.78, 5) is 0. The van der Waals surface area contributed by atoms with E-state index in [9.17, 15) is 0 Å². The summed E-state index contributed by atoms with van der Waals surface area (Å²) in [6.07, 6.45) is 4.11. The third kappa shape index (κ3) is 3.90. The average Bonchev–Trinajstić information content (AvgIpc) is 2.57. The zero-order chi connectivity index (χ0) is 9.68. The number of hydrogen-bond acceptors (Lipinski definition) is 2. The normalized spacial score (nSPS) is 25.4. The summed E-state index contributed by atoms with van der Waals surface area (Å²) in [5.41, 5.74) is 0. The van der Waals surface area contributed by atoms with Crippen molar-refractivity contribution in [3.05, 3.63) is 0 Å². The predicted octanol–water partition coefficient (Wildman–Crippen LogP) is 2.91. The molecule has 0 saturated carbocycles. The van der Waals surface area contributed by atoms with Gasteiger partial charge < -0.3 is 5.32 Å². The fourth-order valence-corrected chi connectivity index (χ4v) is 3.15. The lowest BCUT2D eigenvalue weighted by atomic mass is 10.0. The van der Waals surface area contributed by atoms with Crippen molar-refractivity contribution in [1.82, 2.24) is 5.32 Å². The molecule has 2 unspecified atom stereocenters. The van der Waals surface area contributed by atoms with Gasteiger partial charge in [-0.1, -0.05) is 20.8 Å². The lowest BCUT2D eigenvalue weighted by Crippen LogP contribution is -2.37. The Morgan fingerprint density at radius 1 is 1.46 bits per heavy atom. The zero-order valence-electron chi connectivity index (χ0n) is 9.18. The molecule has 0 bridgehead atoms. The number of nitrogens with one attached hydrogen (secondary N) is 1. The van der Waals surface area contributed by atoms with Crippen molar-refractivity contribution in [2.24, 2.45) is 5.92 Å². The zero-order valence-corrected chi connectivity index (χ0v) is 9.99. The molecule has 0 aliphatic carbocycles. The maximum Gasteiger partial charge on any atom is 0.0172 e. The molecule has 2 heteroatoms. The van der Waals surface area contributed by atoms with E-state index in [0.717, 1.165) is 17.2 Å².